The van der Waals surface area contributed by atoms with E-state index in [2.05, 4.69) is 10.3 Å². The number of carbonyl (C=O) groups excluding carboxylic acids is 3. The molecule has 0 bridgehead atoms. The largest absolute Gasteiger partial charge is 0.497 e. The lowest BCUT2D eigenvalue weighted by atomic mass is 10.2. The number of amides is 2. The molecular formula is C21H21N3O6S. The fourth-order valence-corrected chi connectivity index (χ4v) is 3.82. The van der Waals surface area contributed by atoms with Crippen molar-refractivity contribution < 1.29 is 23.9 Å². The Kier molecular flexibility index (Phi) is 6.81. The lowest BCUT2D eigenvalue weighted by molar-refractivity contribution is -0.148. The van der Waals surface area contributed by atoms with Gasteiger partial charge >= 0.3 is 5.97 Å². The molecule has 3 rings (SSSR count). The predicted molar refractivity (Wildman–Crippen MR) is 114 cm³/mol. The molecular weight excluding hydrogens is 422 g/mol. The number of thiophene rings is 1. The first-order chi connectivity index (χ1) is 14.8. The molecule has 0 spiro atoms. The Labute approximate surface area is 181 Å². The first kappa shape index (κ1) is 22.2. The second-order valence-electron chi connectivity index (χ2n) is 6.72. The Bertz CT molecular complexity index is 1200. The number of methoxy groups -OCH3 is 1. The molecule has 0 atom stereocenters. The Morgan fingerprint density at radius 3 is 2.55 bits per heavy atom. The van der Waals surface area contributed by atoms with Crippen molar-refractivity contribution in [3.05, 3.63) is 57.0 Å². The molecule has 0 saturated heterocycles. The van der Waals surface area contributed by atoms with E-state index >= 15 is 0 Å². The molecule has 9 nitrogen and oxygen atoms in total. The summed E-state index contributed by atoms with van der Waals surface area (Å²) in [5, 5.41) is 2.69. The number of benzene rings is 1. The van der Waals surface area contributed by atoms with Crippen molar-refractivity contribution in [3.63, 3.8) is 0 Å². The van der Waals surface area contributed by atoms with E-state index in [0.29, 0.717) is 16.0 Å². The summed E-state index contributed by atoms with van der Waals surface area (Å²) in [5.74, 6) is -1.46. The first-order valence-electron chi connectivity index (χ1n) is 9.39. The summed E-state index contributed by atoms with van der Waals surface area (Å²) in [7, 11) is 1.50. The number of fused-ring (bicyclic) bond motifs is 1. The van der Waals surface area contributed by atoms with Crippen LogP contribution in [0.3, 0.4) is 0 Å². The van der Waals surface area contributed by atoms with Crippen LogP contribution < -0.4 is 15.6 Å². The molecule has 1 aromatic carbocycles. The van der Waals surface area contributed by atoms with Crippen LogP contribution in [0.25, 0.3) is 10.2 Å². The smallest absolute Gasteiger partial charge is 0.308 e. The van der Waals surface area contributed by atoms with E-state index in [0.717, 1.165) is 10.4 Å². The molecule has 0 radical (unpaired) electrons. The fourth-order valence-electron chi connectivity index (χ4n) is 2.84. The van der Waals surface area contributed by atoms with Gasteiger partial charge in [-0.3, -0.25) is 29.1 Å². The molecule has 3 aromatic rings. The van der Waals surface area contributed by atoms with Gasteiger partial charge in [-0.1, -0.05) is 0 Å². The van der Waals surface area contributed by atoms with E-state index in [1.165, 1.54) is 41.5 Å². The Hall–Kier alpha value is -3.53. The van der Waals surface area contributed by atoms with Gasteiger partial charge in [0, 0.05) is 17.0 Å². The maximum atomic E-state index is 12.6. The van der Waals surface area contributed by atoms with Gasteiger partial charge in [0.2, 0.25) is 0 Å². The molecule has 2 amide bonds. The lowest BCUT2D eigenvalue weighted by Gasteiger charge is -2.08. The van der Waals surface area contributed by atoms with Gasteiger partial charge in [-0.15, -0.1) is 11.3 Å². The van der Waals surface area contributed by atoms with Gasteiger partial charge in [-0.05, 0) is 43.7 Å². The van der Waals surface area contributed by atoms with E-state index < -0.39 is 24.4 Å². The monoisotopic (exact) mass is 443 g/mol. The summed E-state index contributed by atoms with van der Waals surface area (Å²) in [6, 6.07) is 6.19. The third kappa shape index (κ3) is 5.15. The van der Waals surface area contributed by atoms with Crippen LogP contribution in [0.5, 0.6) is 5.75 Å². The van der Waals surface area contributed by atoms with Crippen molar-refractivity contribution >= 4 is 39.3 Å². The second-order valence-corrected chi connectivity index (χ2v) is 7.93. The number of nitrogens with one attached hydrogen (secondary N) is 1. The number of aromatic nitrogens is 2. The Morgan fingerprint density at radius 1 is 1.16 bits per heavy atom. The standard InChI is InChI=1S/C21H21N3O6S/c1-12-13(2)31-20-18(12)21(28)24(11-22-20)9-8-17(26)30-10-16(25)23-19(27)14-4-6-15(29-3)7-5-14/h4-7,11H,8-10H2,1-3H3,(H,23,25,27). The Morgan fingerprint density at radius 2 is 1.87 bits per heavy atom. The summed E-state index contributed by atoms with van der Waals surface area (Å²) < 4.78 is 11.2. The number of nitrogens with zero attached hydrogens (tertiary/aromatic N) is 2. The lowest BCUT2D eigenvalue weighted by Crippen LogP contribution is -2.34. The number of imide groups is 1. The molecule has 10 heteroatoms. The van der Waals surface area contributed by atoms with E-state index in [-0.39, 0.29) is 24.1 Å². The van der Waals surface area contributed by atoms with Crippen molar-refractivity contribution in [2.24, 2.45) is 0 Å². The van der Waals surface area contributed by atoms with Gasteiger partial charge in [0.05, 0.1) is 25.2 Å². The molecule has 0 saturated carbocycles. The summed E-state index contributed by atoms with van der Waals surface area (Å²) in [6.45, 7) is 3.26. The number of hydrogen-bond donors (Lipinski definition) is 1. The Balaban J connectivity index is 1.50. The fraction of sp³-hybridized carbons (Fsp3) is 0.286. The first-order valence-corrected chi connectivity index (χ1v) is 10.2. The van der Waals surface area contributed by atoms with E-state index in [4.69, 9.17) is 9.47 Å². The predicted octanol–water partition coefficient (Wildman–Crippen LogP) is 1.97. The number of ether oxygens (including phenoxy) is 2. The highest BCUT2D eigenvalue weighted by Gasteiger charge is 2.15. The van der Waals surface area contributed by atoms with E-state index in [1.54, 1.807) is 12.1 Å². The molecule has 0 fully saturated rings. The normalized spacial score (nSPS) is 10.7. The third-order valence-corrected chi connectivity index (χ3v) is 5.80. The maximum Gasteiger partial charge on any atom is 0.308 e. The van der Waals surface area contributed by atoms with Crippen molar-refractivity contribution in [3.8, 4) is 5.75 Å². The van der Waals surface area contributed by atoms with Crippen molar-refractivity contribution in [2.45, 2.75) is 26.8 Å². The van der Waals surface area contributed by atoms with Crippen LogP contribution in [0.1, 0.15) is 27.2 Å². The minimum absolute atomic E-state index is 0.0708. The molecule has 1 N–H and O–H groups in total. The summed E-state index contributed by atoms with van der Waals surface area (Å²) in [4.78, 5) is 54.4. The van der Waals surface area contributed by atoms with Crippen molar-refractivity contribution in [1.82, 2.24) is 14.9 Å². The van der Waals surface area contributed by atoms with Crippen LogP contribution in [0.2, 0.25) is 0 Å². The van der Waals surface area contributed by atoms with Gasteiger partial charge < -0.3 is 9.47 Å². The van der Waals surface area contributed by atoms with Gasteiger partial charge in [-0.2, -0.15) is 0 Å². The third-order valence-electron chi connectivity index (χ3n) is 4.68. The van der Waals surface area contributed by atoms with Gasteiger partial charge in [0.25, 0.3) is 17.4 Å². The van der Waals surface area contributed by atoms with Crippen LogP contribution in [-0.2, 0) is 20.9 Å². The van der Waals surface area contributed by atoms with E-state index in [1.807, 2.05) is 13.8 Å². The molecule has 162 valence electrons. The summed E-state index contributed by atoms with van der Waals surface area (Å²) in [6.07, 6.45) is 1.28. The SMILES string of the molecule is COc1ccc(C(=O)NC(=O)COC(=O)CCn2cnc3sc(C)c(C)c3c2=O)cc1. The average Bonchev–Trinajstić information content (AvgIpc) is 3.06. The topological polar surface area (TPSA) is 117 Å². The quantitative estimate of drug-likeness (QED) is 0.555. The van der Waals surface area contributed by atoms with Gasteiger partial charge in [-0.25, -0.2) is 4.98 Å². The average molecular weight is 443 g/mol. The van der Waals surface area contributed by atoms with Crippen LogP contribution in [0.4, 0.5) is 0 Å². The summed E-state index contributed by atoms with van der Waals surface area (Å²) in [5.41, 5.74) is 0.928. The number of hydrogen-bond acceptors (Lipinski definition) is 8. The zero-order chi connectivity index (χ0) is 22.5. The maximum absolute atomic E-state index is 12.6. The highest BCUT2D eigenvalue weighted by Crippen LogP contribution is 2.25. The van der Waals surface area contributed by atoms with Crippen molar-refractivity contribution in [2.75, 3.05) is 13.7 Å². The number of rotatable bonds is 7. The number of esters is 1. The van der Waals surface area contributed by atoms with Crippen LogP contribution in [-0.4, -0.2) is 41.1 Å². The highest BCUT2D eigenvalue weighted by atomic mass is 32.1. The summed E-state index contributed by atoms with van der Waals surface area (Å²) >= 11 is 1.45. The molecule has 0 aliphatic rings. The van der Waals surface area contributed by atoms with Gasteiger partial charge in [0.1, 0.15) is 10.6 Å². The zero-order valence-electron chi connectivity index (χ0n) is 17.3. The van der Waals surface area contributed by atoms with Crippen LogP contribution in [0, 0.1) is 13.8 Å². The molecule has 2 aromatic heterocycles. The molecule has 2 heterocycles. The molecule has 31 heavy (non-hydrogen) atoms. The molecule has 0 unspecified atom stereocenters. The minimum Gasteiger partial charge on any atom is -0.497 e. The van der Waals surface area contributed by atoms with E-state index in [9.17, 15) is 19.2 Å². The molecule has 0 aliphatic heterocycles. The zero-order valence-corrected chi connectivity index (χ0v) is 18.1. The minimum atomic E-state index is -0.751. The van der Waals surface area contributed by atoms with Crippen LogP contribution in [0.15, 0.2) is 35.4 Å². The number of carbonyl (C=O) groups is 3. The van der Waals surface area contributed by atoms with Gasteiger partial charge in [0.15, 0.2) is 6.61 Å². The van der Waals surface area contributed by atoms with Crippen LogP contribution >= 0.6 is 11.3 Å². The molecule has 0 aliphatic carbocycles. The number of aryl methyl sites for hydroxylation is 3. The van der Waals surface area contributed by atoms with Crippen molar-refractivity contribution in [1.29, 1.82) is 0 Å². The highest BCUT2D eigenvalue weighted by molar-refractivity contribution is 7.18. The second kappa shape index (κ2) is 9.52.